The Morgan fingerprint density at radius 2 is 1.75 bits per heavy atom. The molecule has 0 aromatic heterocycles. The number of hydrogen-bond acceptors (Lipinski definition) is 2. The van der Waals surface area contributed by atoms with Crippen molar-refractivity contribution in [2.75, 3.05) is 12.4 Å². The summed E-state index contributed by atoms with van der Waals surface area (Å²) >= 11 is 1.89. The molecule has 0 aliphatic rings. The minimum Gasteiger partial charge on any atom is -0.396 e. The zero-order valence-electron chi connectivity index (χ0n) is 10.4. The van der Waals surface area contributed by atoms with E-state index in [-0.39, 0.29) is 0 Å². The highest BCUT2D eigenvalue weighted by Crippen LogP contribution is 2.19. The smallest absolute Gasteiger partial charge is 0.0464 e. The van der Waals surface area contributed by atoms with Crippen molar-refractivity contribution in [1.82, 2.24) is 0 Å². The van der Waals surface area contributed by atoms with E-state index in [1.807, 2.05) is 11.8 Å². The summed E-state index contributed by atoms with van der Waals surface area (Å²) in [5.74, 6) is 3.08. The second kappa shape index (κ2) is 6.97. The lowest BCUT2D eigenvalue weighted by Gasteiger charge is -2.09. The second-order valence-corrected chi connectivity index (χ2v) is 5.73. The van der Waals surface area contributed by atoms with Crippen molar-refractivity contribution in [2.24, 2.45) is 5.92 Å². The predicted octanol–water partition coefficient (Wildman–Crippen LogP) is 3.67. The number of benzene rings is 1. The van der Waals surface area contributed by atoms with Gasteiger partial charge in [-0.15, -0.1) is 0 Å². The van der Waals surface area contributed by atoms with E-state index in [0.29, 0.717) is 18.4 Å². The Labute approximate surface area is 103 Å². The van der Waals surface area contributed by atoms with Crippen LogP contribution in [0, 0.1) is 5.92 Å². The van der Waals surface area contributed by atoms with Crippen molar-refractivity contribution in [1.29, 1.82) is 0 Å². The van der Waals surface area contributed by atoms with Crippen molar-refractivity contribution in [3.8, 4) is 0 Å². The predicted molar refractivity (Wildman–Crippen MR) is 72.9 cm³/mol. The average Bonchev–Trinajstić information content (AvgIpc) is 2.29. The van der Waals surface area contributed by atoms with Crippen molar-refractivity contribution >= 4 is 11.8 Å². The van der Waals surface area contributed by atoms with Crippen LogP contribution in [0.4, 0.5) is 0 Å². The normalized spacial score (nSPS) is 13.1. The minimum atomic E-state index is 0.291. The largest absolute Gasteiger partial charge is 0.396 e. The molecule has 0 spiro atoms. The summed E-state index contributed by atoms with van der Waals surface area (Å²) in [4.78, 5) is 0. The van der Waals surface area contributed by atoms with Crippen LogP contribution in [0.5, 0.6) is 0 Å². The van der Waals surface area contributed by atoms with Crippen LogP contribution in [-0.4, -0.2) is 17.5 Å². The van der Waals surface area contributed by atoms with Gasteiger partial charge in [-0.2, -0.15) is 11.8 Å². The molecule has 0 saturated heterocycles. The van der Waals surface area contributed by atoms with Gasteiger partial charge in [-0.3, -0.25) is 0 Å². The zero-order valence-corrected chi connectivity index (χ0v) is 11.3. The molecule has 1 aromatic carbocycles. The Kier molecular flexibility index (Phi) is 5.93. The van der Waals surface area contributed by atoms with E-state index < -0.39 is 0 Å². The van der Waals surface area contributed by atoms with E-state index in [4.69, 9.17) is 5.11 Å². The molecule has 0 amide bonds. The van der Waals surface area contributed by atoms with Gasteiger partial charge in [0.25, 0.3) is 0 Å². The molecule has 1 aromatic rings. The van der Waals surface area contributed by atoms with Crippen LogP contribution in [0.3, 0.4) is 0 Å². The zero-order chi connectivity index (χ0) is 12.0. The number of aliphatic hydroxyl groups is 1. The average molecular weight is 238 g/mol. The molecular weight excluding hydrogens is 216 g/mol. The van der Waals surface area contributed by atoms with E-state index >= 15 is 0 Å². The summed E-state index contributed by atoms with van der Waals surface area (Å²) in [6.07, 6.45) is 0. The third-order valence-electron chi connectivity index (χ3n) is 2.63. The van der Waals surface area contributed by atoms with Crippen LogP contribution in [0.1, 0.15) is 37.8 Å². The Bertz CT molecular complexity index is 292. The van der Waals surface area contributed by atoms with E-state index in [1.165, 1.54) is 11.1 Å². The first kappa shape index (κ1) is 13.6. The van der Waals surface area contributed by atoms with Crippen LogP contribution >= 0.6 is 11.8 Å². The molecule has 0 aliphatic carbocycles. The van der Waals surface area contributed by atoms with Gasteiger partial charge in [-0.25, -0.2) is 0 Å². The molecule has 16 heavy (non-hydrogen) atoms. The first-order valence-corrected chi connectivity index (χ1v) is 7.06. The van der Waals surface area contributed by atoms with Crippen molar-refractivity contribution in [2.45, 2.75) is 32.4 Å². The Morgan fingerprint density at radius 3 is 2.25 bits per heavy atom. The fourth-order valence-electron chi connectivity index (χ4n) is 1.43. The molecule has 0 radical (unpaired) electrons. The molecule has 0 heterocycles. The maximum Gasteiger partial charge on any atom is 0.0464 e. The summed E-state index contributed by atoms with van der Waals surface area (Å²) in [5, 5.41) is 8.92. The van der Waals surface area contributed by atoms with Gasteiger partial charge in [0.2, 0.25) is 0 Å². The molecule has 1 unspecified atom stereocenters. The van der Waals surface area contributed by atoms with Gasteiger partial charge in [-0.05, 0) is 28.7 Å². The van der Waals surface area contributed by atoms with Crippen LogP contribution in [0.15, 0.2) is 24.3 Å². The third kappa shape index (κ3) is 4.58. The third-order valence-corrected chi connectivity index (χ3v) is 3.97. The van der Waals surface area contributed by atoms with Crippen LogP contribution in [-0.2, 0) is 5.75 Å². The first-order valence-electron chi connectivity index (χ1n) is 5.91. The summed E-state index contributed by atoms with van der Waals surface area (Å²) in [6, 6.07) is 8.87. The lowest BCUT2D eigenvalue weighted by molar-refractivity contribution is 0.250. The molecule has 1 rings (SSSR count). The topological polar surface area (TPSA) is 20.2 Å². The number of hydrogen-bond donors (Lipinski definition) is 1. The van der Waals surface area contributed by atoms with Gasteiger partial charge in [0.05, 0.1) is 0 Å². The summed E-state index contributed by atoms with van der Waals surface area (Å²) in [6.45, 7) is 6.80. The maximum absolute atomic E-state index is 8.92. The monoisotopic (exact) mass is 238 g/mol. The van der Waals surface area contributed by atoms with Gasteiger partial charge in [-0.1, -0.05) is 45.0 Å². The quantitative estimate of drug-likeness (QED) is 0.816. The molecule has 0 bridgehead atoms. The summed E-state index contributed by atoms with van der Waals surface area (Å²) < 4.78 is 0. The molecule has 2 heteroatoms. The van der Waals surface area contributed by atoms with E-state index in [0.717, 1.165) is 11.5 Å². The van der Waals surface area contributed by atoms with Gasteiger partial charge in [0.15, 0.2) is 0 Å². The van der Waals surface area contributed by atoms with Gasteiger partial charge in [0.1, 0.15) is 0 Å². The highest BCUT2D eigenvalue weighted by Gasteiger charge is 2.02. The Morgan fingerprint density at radius 1 is 1.12 bits per heavy atom. The molecule has 0 saturated carbocycles. The molecule has 0 fully saturated rings. The van der Waals surface area contributed by atoms with Crippen LogP contribution < -0.4 is 0 Å². The lowest BCUT2D eigenvalue weighted by Crippen LogP contribution is -2.03. The van der Waals surface area contributed by atoms with Crippen LogP contribution in [0.2, 0.25) is 0 Å². The molecule has 1 nitrogen and oxygen atoms in total. The number of rotatable bonds is 6. The molecule has 1 N–H and O–H groups in total. The van der Waals surface area contributed by atoms with E-state index in [2.05, 4.69) is 45.0 Å². The SMILES string of the molecule is CC(CO)CSCc1ccc(C(C)C)cc1. The highest BCUT2D eigenvalue weighted by atomic mass is 32.2. The van der Waals surface area contributed by atoms with Crippen LogP contribution in [0.25, 0.3) is 0 Å². The molecule has 90 valence electrons. The van der Waals surface area contributed by atoms with Crippen molar-refractivity contribution in [3.05, 3.63) is 35.4 Å². The van der Waals surface area contributed by atoms with Gasteiger partial charge in [0, 0.05) is 12.4 Å². The minimum absolute atomic E-state index is 0.291. The summed E-state index contributed by atoms with van der Waals surface area (Å²) in [5.41, 5.74) is 2.78. The lowest BCUT2D eigenvalue weighted by atomic mass is 10.0. The fourth-order valence-corrected chi connectivity index (χ4v) is 2.48. The number of aliphatic hydroxyl groups excluding tert-OH is 1. The highest BCUT2D eigenvalue weighted by molar-refractivity contribution is 7.98. The second-order valence-electron chi connectivity index (χ2n) is 4.70. The van der Waals surface area contributed by atoms with E-state index in [9.17, 15) is 0 Å². The van der Waals surface area contributed by atoms with Gasteiger partial charge < -0.3 is 5.11 Å². The fraction of sp³-hybridized carbons (Fsp3) is 0.571. The van der Waals surface area contributed by atoms with Gasteiger partial charge >= 0.3 is 0 Å². The number of thioether (sulfide) groups is 1. The summed E-state index contributed by atoms with van der Waals surface area (Å²) in [7, 11) is 0. The van der Waals surface area contributed by atoms with E-state index in [1.54, 1.807) is 0 Å². The van der Waals surface area contributed by atoms with Crippen molar-refractivity contribution < 1.29 is 5.11 Å². The van der Waals surface area contributed by atoms with Crippen molar-refractivity contribution in [3.63, 3.8) is 0 Å². The molecule has 0 aliphatic heterocycles. The molecule has 1 atom stereocenters. The molecular formula is C14H22OS. The Balaban J connectivity index is 2.38. The maximum atomic E-state index is 8.92. The standard InChI is InChI=1S/C14H22OS/c1-11(2)14-6-4-13(5-7-14)10-16-9-12(3)8-15/h4-7,11-12,15H,8-10H2,1-3H3. The Hall–Kier alpha value is -0.470. The first-order chi connectivity index (χ1) is 7.63.